The van der Waals surface area contributed by atoms with Gasteiger partial charge in [-0.25, -0.2) is 0 Å². The van der Waals surface area contributed by atoms with E-state index in [2.05, 4.69) is 30.9 Å². The van der Waals surface area contributed by atoms with Gasteiger partial charge in [-0.2, -0.15) is 0 Å². The van der Waals surface area contributed by atoms with E-state index in [1.54, 1.807) is 0 Å². The van der Waals surface area contributed by atoms with Crippen molar-refractivity contribution in [2.24, 2.45) is 5.73 Å². The smallest absolute Gasteiger partial charge is 0.134 e. The van der Waals surface area contributed by atoms with E-state index >= 15 is 0 Å². The number of nitrogens with two attached hydrogens (primary N) is 1. The first-order valence-corrected chi connectivity index (χ1v) is 7.22. The topological polar surface area (TPSA) is 42.4 Å². The lowest BCUT2D eigenvalue weighted by Crippen LogP contribution is -2.34. The third-order valence-electron chi connectivity index (χ3n) is 3.74. The van der Waals surface area contributed by atoms with Crippen LogP contribution in [0, 0.1) is 0 Å². The van der Waals surface area contributed by atoms with Crippen LogP contribution in [0.15, 0.2) is 34.9 Å². The SMILES string of the molecule is CCCCN(CC)C(CN)c1coc2ccccc12. The normalized spacial score (nSPS) is 13.3. The first-order valence-electron chi connectivity index (χ1n) is 7.22. The highest BCUT2D eigenvalue weighted by Crippen LogP contribution is 2.29. The van der Waals surface area contributed by atoms with Crippen molar-refractivity contribution in [3.05, 3.63) is 36.1 Å². The number of furan rings is 1. The molecule has 1 heterocycles. The second-order valence-corrected chi connectivity index (χ2v) is 4.92. The summed E-state index contributed by atoms with van der Waals surface area (Å²) < 4.78 is 5.65. The lowest BCUT2D eigenvalue weighted by atomic mass is 10.0. The molecule has 0 aliphatic rings. The quantitative estimate of drug-likeness (QED) is 0.827. The van der Waals surface area contributed by atoms with Gasteiger partial charge in [-0.05, 0) is 25.6 Å². The van der Waals surface area contributed by atoms with E-state index in [-0.39, 0.29) is 6.04 Å². The van der Waals surface area contributed by atoms with Gasteiger partial charge in [0.2, 0.25) is 0 Å². The summed E-state index contributed by atoms with van der Waals surface area (Å²) in [6.07, 6.45) is 4.29. The zero-order valence-corrected chi connectivity index (χ0v) is 11.9. The summed E-state index contributed by atoms with van der Waals surface area (Å²) in [5.74, 6) is 0. The average Bonchev–Trinajstić information content (AvgIpc) is 2.87. The molecule has 3 nitrogen and oxygen atoms in total. The van der Waals surface area contributed by atoms with E-state index < -0.39 is 0 Å². The highest BCUT2D eigenvalue weighted by atomic mass is 16.3. The zero-order chi connectivity index (χ0) is 13.7. The van der Waals surface area contributed by atoms with Crippen LogP contribution in [0.3, 0.4) is 0 Å². The third kappa shape index (κ3) is 2.99. The summed E-state index contributed by atoms with van der Waals surface area (Å²) in [5.41, 5.74) is 8.19. The molecule has 1 atom stereocenters. The fourth-order valence-electron chi connectivity index (χ4n) is 2.62. The minimum Gasteiger partial charge on any atom is -0.464 e. The Morgan fingerprint density at radius 3 is 2.74 bits per heavy atom. The van der Waals surface area contributed by atoms with Crippen molar-refractivity contribution >= 4 is 11.0 Å². The number of fused-ring (bicyclic) bond motifs is 1. The predicted octanol–water partition coefficient (Wildman–Crippen LogP) is 3.55. The highest BCUT2D eigenvalue weighted by Gasteiger charge is 2.21. The van der Waals surface area contributed by atoms with Crippen molar-refractivity contribution in [3.63, 3.8) is 0 Å². The summed E-state index contributed by atoms with van der Waals surface area (Å²) in [5, 5.41) is 1.19. The van der Waals surface area contributed by atoms with Crippen molar-refractivity contribution < 1.29 is 4.42 Å². The van der Waals surface area contributed by atoms with E-state index in [4.69, 9.17) is 10.2 Å². The Morgan fingerprint density at radius 2 is 2.05 bits per heavy atom. The Balaban J connectivity index is 2.29. The molecule has 2 aromatic rings. The summed E-state index contributed by atoms with van der Waals surface area (Å²) in [7, 11) is 0. The maximum Gasteiger partial charge on any atom is 0.134 e. The summed E-state index contributed by atoms with van der Waals surface area (Å²) >= 11 is 0. The average molecular weight is 260 g/mol. The minimum atomic E-state index is 0.250. The van der Waals surface area contributed by atoms with Crippen LogP contribution >= 0.6 is 0 Å². The molecule has 19 heavy (non-hydrogen) atoms. The number of likely N-dealkylation sites (N-methyl/N-ethyl adjacent to an activating group) is 1. The number of unbranched alkanes of at least 4 members (excludes halogenated alkanes) is 1. The summed E-state index contributed by atoms with van der Waals surface area (Å²) in [6, 6.07) is 8.43. The molecule has 104 valence electrons. The monoisotopic (exact) mass is 260 g/mol. The first kappa shape index (κ1) is 14.1. The highest BCUT2D eigenvalue weighted by molar-refractivity contribution is 5.81. The fourth-order valence-corrected chi connectivity index (χ4v) is 2.62. The van der Waals surface area contributed by atoms with Gasteiger partial charge in [-0.1, -0.05) is 38.5 Å². The van der Waals surface area contributed by atoms with Crippen molar-refractivity contribution in [1.29, 1.82) is 0 Å². The molecule has 1 aromatic carbocycles. The first-order chi connectivity index (χ1) is 9.31. The second kappa shape index (κ2) is 6.73. The number of para-hydroxylation sites is 1. The van der Waals surface area contributed by atoms with Crippen LogP contribution in [0.2, 0.25) is 0 Å². The molecular weight excluding hydrogens is 236 g/mol. The van der Waals surface area contributed by atoms with Gasteiger partial charge < -0.3 is 10.2 Å². The third-order valence-corrected chi connectivity index (χ3v) is 3.74. The van der Waals surface area contributed by atoms with E-state index in [0.29, 0.717) is 6.54 Å². The maximum atomic E-state index is 6.02. The largest absolute Gasteiger partial charge is 0.464 e. The number of rotatable bonds is 7. The molecule has 0 radical (unpaired) electrons. The second-order valence-electron chi connectivity index (χ2n) is 4.92. The maximum absolute atomic E-state index is 6.02. The molecule has 0 fully saturated rings. The Hall–Kier alpha value is -1.32. The number of hydrogen-bond donors (Lipinski definition) is 1. The van der Waals surface area contributed by atoms with Crippen molar-refractivity contribution in [3.8, 4) is 0 Å². The van der Waals surface area contributed by atoms with Crippen molar-refractivity contribution in [2.75, 3.05) is 19.6 Å². The molecule has 0 aliphatic heterocycles. The van der Waals surface area contributed by atoms with Gasteiger partial charge in [0.15, 0.2) is 0 Å². The van der Waals surface area contributed by atoms with Gasteiger partial charge in [0.25, 0.3) is 0 Å². The van der Waals surface area contributed by atoms with Crippen LogP contribution in [-0.2, 0) is 0 Å². The number of hydrogen-bond acceptors (Lipinski definition) is 3. The molecule has 0 aliphatic carbocycles. The van der Waals surface area contributed by atoms with E-state index in [1.165, 1.54) is 23.8 Å². The van der Waals surface area contributed by atoms with Gasteiger partial charge in [0.1, 0.15) is 5.58 Å². The van der Waals surface area contributed by atoms with Crippen molar-refractivity contribution in [1.82, 2.24) is 4.90 Å². The molecular formula is C16H24N2O. The Bertz CT molecular complexity index is 506. The Kier molecular flexibility index (Phi) is 5.00. The summed E-state index contributed by atoms with van der Waals surface area (Å²) in [6.45, 7) is 7.15. The Morgan fingerprint density at radius 1 is 1.26 bits per heavy atom. The van der Waals surface area contributed by atoms with Crippen LogP contribution in [0.5, 0.6) is 0 Å². The molecule has 1 aromatic heterocycles. The minimum absolute atomic E-state index is 0.250. The molecule has 2 N–H and O–H groups in total. The zero-order valence-electron chi connectivity index (χ0n) is 11.9. The molecule has 0 saturated heterocycles. The van der Waals surface area contributed by atoms with Gasteiger partial charge in [-0.3, -0.25) is 4.90 Å². The molecule has 2 rings (SSSR count). The van der Waals surface area contributed by atoms with Crippen LogP contribution in [0.25, 0.3) is 11.0 Å². The van der Waals surface area contributed by atoms with Gasteiger partial charge in [-0.15, -0.1) is 0 Å². The van der Waals surface area contributed by atoms with Gasteiger partial charge >= 0.3 is 0 Å². The van der Waals surface area contributed by atoms with E-state index in [9.17, 15) is 0 Å². The number of nitrogens with zero attached hydrogens (tertiary/aromatic N) is 1. The standard InChI is InChI=1S/C16H24N2O/c1-3-5-10-18(4-2)15(11-17)14-12-19-16-9-7-6-8-13(14)16/h6-9,12,15H,3-5,10-11,17H2,1-2H3. The summed E-state index contributed by atoms with van der Waals surface area (Å²) in [4.78, 5) is 2.45. The molecule has 3 heteroatoms. The molecule has 0 bridgehead atoms. The van der Waals surface area contributed by atoms with Gasteiger partial charge in [0, 0.05) is 17.5 Å². The van der Waals surface area contributed by atoms with Crippen LogP contribution < -0.4 is 5.73 Å². The predicted molar refractivity (Wildman–Crippen MR) is 80.2 cm³/mol. The molecule has 0 saturated carbocycles. The van der Waals surface area contributed by atoms with E-state index in [0.717, 1.165) is 18.7 Å². The lowest BCUT2D eigenvalue weighted by Gasteiger charge is -2.29. The van der Waals surface area contributed by atoms with Gasteiger partial charge in [0.05, 0.1) is 12.3 Å². The van der Waals surface area contributed by atoms with Crippen LogP contribution in [0.1, 0.15) is 38.3 Å². The van der Waals surface area contributed by atoms with Crippen LogP contribution in [-0.4, -0.2) is 24.5 Å². The van der Waals surface area contributed by atoms with E-state index in [1.807, 2.05) is 18.4 Å². The fraction of sp³-hybridized carbons (Fsp3) is 0.500. The van der Waals surface area contributed by atoms with Crippen LogP contribution in [0.4, 0.5) is 0 Å². The number of benzene rings is 1. The van der Waals surface area contributed by atoms with Crippen molar-refractivity contribution in [2.45, 2.75) is 32.7 Å². The molecule has 0 amide bonds. The molecule has 0 spiro atoms. The molecule has 1 unspecified atom stereocenters. The Labute approximate surface area is 115 Å². The lowest BCUT2D eigenvalue weighted by molar-refractivity contribution is 0.209.